The molecule has 23 heavy (non-hydrogen) atoms. The molecule has 0 fully saturated rings. The number of ether oxygens (including phenoxy) is 1. The van der Waals surface area contributed by atoms with Gasteiger partial charge in [-0.15, -0.1) is 0 Å². The Morgan fingerprint density at radius 3 is 2.57 bits per heavy atom. The molecule has 0 aliphatic carbocycles. The van der Waals surface area contributed by atoms with Crippen molar-refractivity contribution in [3.8, 4) is 0 Å². The number of hydrogen-bond donors (Lipinski definition) is 2. The summed E-state index contributed by atoms with van der Waals surface area (Å²) < 4.78 is 25.8. The van der Waals surface area contributed by atoms with Gasteiger partial charge in [-0.05, 0) is 24.2 Å². The van der Waals surface area contributed by atoms with Crippen molar-refractivity contribution >= 4 is 13.9 Å². The highest BCUT2D eigenvalue weighted by atomic mass is 28.4. The van der Waals surface area contributed by atoms with Gasteiger partial charge in [0.2, 0.25) is 0 Å². The van der Waals surface area contributed by atoms with Crippen LogP contribution in [0.5, 0.6) is 0 Å². The Bertz CT molecular complexity index is 579. The molecule has 2 heterocycles. The molecule has 0 saturated carbocycles. The lowest BCUT2D eigenvalue weighted by atomic mass is 10.1. The first kappa shape index (κ1) is 17.9. The summed E-state index contributed by atoms with van der Waals surface area (Å²) in [5.74, 6) is -2.00. The van der Waals surface area contributed by atoms with Crippen LogP contribution in [0.1, 0.15) is 26.3 Å². The van der Waals surface area contributed by atoms with Gasteiger partial charge in [-0.3, -0.25) is 5.10 Å². The van der Waals surface area contributed by atoms with Gasteiger partial charge in [-0.1, -0.05) is 20.8 Å². The lowest BCUT2D eigenvalue weighted by Gasteiger charge is -2.36. The summed E-state index contributed by atoms with van der Waals surface area (Å²) in [6, 6.07) is 0. The van der Waals surface area contributed by atoms with E-state index in [0.29, 0.717) is 6.61 Å². The monoisotopic (exact) mass is 339 g/mol. The molecule has 0 spiro atoms. The molecule has 2 rings (SSSR count). The number of nitrogens with one attached hydrogen (secondary N) is 2. The smallest absolute Gasteiger partial charge is 0.308 e. The average Bonchev–Trinajstić information content (AvgIpc) is 2.97. The number of H-pyrrole nitrogens is 1. The van der Waals surface area contributed by atoms with Crippen LogP contribution < -0.4 is 5.32 Å². The number of aromatic nitrogens is 2. The van der Waals surface area contributed by atoms with Gasteiger partial charge < -0.3 is 14.5 Å². The first-order chi connectivity index (χ1) is 10.6. The van der Waals surface area contributed by atoms with Gasteiger partial charge in [0.05, 0.1) is 19.4 Å². The molecule has 0 bridgehead atoms. The minimum absolute atomic E-state index is 0.131. The Morgan fingerprint density at radius 2 is 2.04 bits per heavy atom. The van der Waals surface area contributed by atoms with Crippen LogP contribution in [-0.2, 0) is 9.16 Å². The second-order valence-corrected chi connectivity index (χ2v) is 12.0. The molecular weight excluding hydrogens is 313 g/mol. The topological polar surface area (TPSA) is 59.2 Å². The Hall–Kier alpha value is -1.44. The summed E-state index contributed by atoms with van der Waals surface area (Å²) in [5, 5.41) is 9.37. The molecule has 1 unspecified atom stereocenters. The van der Waals surface area contributed by atoms with E-state index >= 15 is 0 Å². The van der Waals surface area contributed by atoms with Crippen molar-refractivity contribution in [1.29, 1.82) is 0 Å². The van der Waals surface area contributed by atoms with Crippen LogP contribution >= 0.6 is 0 Å². The fourth-order valence-corrected chi connectivity index (χ4v) is 2.88. The summed E-state index contributed by atoms with van der Waals surface area (Å²) in [6.45, 7) is 11.4. The highest BCUT2D eigenvalue weighted by Crippen LogP contribution is 2.36. The third kappa shape index (κ3) is 4.52. The van der Waals surface area contributed by atoms with Crippen LogP contribution in [0.15, 0.2) is 30.7 Å². The van der Waals surface area contributed by atoms with Gasteiger partial charge in [0.1, 0.15) is 0 Å². The Morgan fingerprint density at radius 1 is 1.30 bits per heavy atom. The van der Waals surface area contributed by atoms with Gasteiger partial charge in [0.25, 0.3) is 0 Å². The molecule has 1 aromatic heterocycles. The van der Waals surface area contributed by atoms with Gasteiger partial charge in [0, 0.05) is 29.6 Å². The molecule has 0 aromatic carbocycles. The minimum atomic E-state index is -2.00. The largest absolute Gasteiger partial charge is 0.414 e. The van der Waals surface area contributed by atoms with Crippen molar-refractivity contribution in [1.82, 2.24) is 15.5 Å². The van der Waals surface area contributed by atoms with Crippen LogP contribution in [0, 0.1) is 0 Å². The van der Waals surface area contributed by atoms with Gasteiger partial charge in [-0.25, -0.2) is 0 Å². The van der Waals surface area contributed by atoms with E-state index in [0.717, 1.165) is 11.1 Å². The third-order valence-electron chi connectivity index (χ3n) is 4.40. The van der Waals surface area contributed by atoms with Crippen LogP contribution in [-0.4, -0.2) is 37.7 Å². The predicted octanol–water partition coefficient (Wildman–Crippen LogP) is 3.57. The molecule has 2 N–H and O–H groups in total. The number of halogens is 1. The number of rotatable bonds is 6. The van der Waals surface area contributed by atoms with Crippen molar-refractivity contribution < 1.29 is 13.6 Å². The molecule has 7 heteroatoms. The summed E-state index contributed by atoms with van der Waals surface area (Å²) in [4.78, 5) is 0. The molecule has 5 nitrogen and oxygen atoms in total. The van der Waals surface area contributed by atoms with Crippen molar-refractivity contribution in [2.45, 2.75) is 44.9 Å². The molecule has 1 atom stereocenters. The zero-order valence-electron chi connectivity index (χ0n) is 14.4. The highest BCUT2D eigenvalue weighted by Gasteiger charge is 2.37. The third-order valence-corrected chi connectivity index (χ3v) is 8.94. The normalized spacial score (nSPS) is 21.9. The highest BCUT2D eigenvalue weighted by molar-refractivity contribution is 6.74. The fraction of sp³-hybridized carbons (Fsp3) is 0.562. The molecule has 0 radical (unpaired) electrons. The fourth-order valence-electron chi connectivity index (χ4n) is 1.85. The Labute approximate surface area is 138 Å². The molecule has 128 valence electrons. The van der Waals surface area contributed by atoms with Gasteiger partial charge >= 0.3 is 5.98 Å². The molecule has 1 aliphatic rings. The SMILES string of the molecule is CC(C)(C)[Si](C)(C)OCCOC1(F)C=CC(c2cn[nH]c2)=CN1. The van der Waals surface area contributed by atoms with Crippen LogP contribution in [0.4, 0.5) is 4.39 Å². The summed E-state index contributed by atoms with van der Waals surface area (Å²) in [6.07, 6.45) is 8.05. The number of aromatic amines is 1. The Balaban J connectivity index is 1.80. The molecular formula is C16H26FN3O2Si. The maximum absolute atomic E-state index is 14.5. The number of hydrogen-bond acceptors (Lipinski definition) is 4. The van der Waals surface area contributed by atoms with Crippen LogP contribution in [0.2, 0.25) is 18.1 Å². The zero-order valence-corrected chi connectivity index (χ0v) is 15.4. The lowest BCUT2D eigenvalue weighted by Crippen LogP contribution is -2.44. The molecule has 1 aliphatic heterocycles. The van der Waals surface area contributed by atoms with E-state index in [4.69, 9.17) is 9.16 Å². The van der Waals surface area contributed by atoms with Gasteiger partial charge in [0.15, 0.2) is 8.32 Å². The van der Waals surface area contributed by atoms with E-state index in [9.17, 15) is 4.39 Å². The van der Waals surface area contributed by atoms with E-state index in [1.54, 1.807) is 24.7 Å². The standard InChI is InChI=1S/C16H26FN3O2Si/c1-15(2,3)23(4,5)22-9-8-21-16(17)7-6-13(10-18-16)14-11-19-20-12-14/h6-7,10-12,18H,8-9H2,1-5H3,(H,19,20). The number of alkyl halides is 1. The van der Waals surface area contributed by atoms with Crippen molar-refractivity contribution in [2.24, 2.45) is 0 Å². The Kier molecular flexibility index (Phi) is 5.13. The maximum atomic E-state index is 14.5. The van der Waals surface area contributed by atoms with Crippen LogP contribution in [0.3, 0.4) is 0 Å². The molecule has 1 aromatic rings. The van der Waals surface area contributed by atoms with Crippen molar-refractivity contribution in [3.05, 3.63) is 36.3 Å². The van der Waals surface area contributed by atoms with E-state index in [2.05, 4.69) is 49.4 Å². The molecule has 0 amide bonds. The first-order valence-electron chi connectivity index (χ1n) is 7.76. The summed E-state index contributed by atoms with van der Waals surface area (Å²) in [5.41, 5.74) is 1.73. The molecule has 0 saturated heterocycles. The minimum Gasteiger partial charge on any atom is -0.414 e. The number of nitrogens with zero attached hydrogens (tertiary/aromatic N) is 1. The van der Waals surface area contributed by atoms with Gasteiger partial charge in [-0.2, -0.15) is 9.49 Å². The van der Waals surface area contributed by atoms with Crippen molar-refractivity contribution in [2.75, 3.05) is 13.2 Å². The average molecular weight is 339 g/mol. The van der Waals surface area contributed by atoms with Crippen molar-refractivity contribution in [3.63, 3.8) is 0 Å². The zero-order chi connectivity index (χ0) is 17.1. The van der Waals surface area contributed by atoms with E-state index in [1.807, 2.05) is 0 Å². The lowest BCUT2D eigenvalue weighted by molar-refractivity contribution is -0.128. The number of allylic oxidation sites excluding steroid dienone is 2. The second kappa shape index (κ2) is 6.58. The van der Waals surface area contributed by atoms with E-state index in [1.165, 1.54) is 6.08 Å². The summed E-state index contributed by atoms with van der Waals surface area (Å²) >= 11 is 0. The summed E-state index contributed by atoms with van der Waals surface area (Å²) in [7, 11) is -1.83. The van der Waals surface area contributed by atoms with Crippen LogP contribution in [0.25, 0.3) is 5.57 Å². The van der Waals surface area contributed by atoms with E-state index < -0.39 is 14.3 Å². The first-order valence-corrected chi connectivity index (χ1v) is 10.7. The van der Waals surface area contributed by atoms with E-state index in [-0.39, 0.29) is 11.6 Å². The quantitative estimate of drug-likeness (QED) is 0.472. The number of dihydropyridines is 1. The second-order valence-electron chi connectivity index (χ2n) is 7.17. The predicted molar refractivity (Wildman–Crippen MR) is 91.8 cm³/mol. The maximum Gasteiger partial charge on any atom is 0.308 e.